The van der Waals surface area contributed by atoms with E-state index in [1.165, 1.54) is 50.3 Å². The normalized spacial score (nSPS) is 12.4. The standard InChI is InChI=1S/C29H40N2/c1-19-14-12-16-30(10)26(19)24-21(3)25(27-20(2)15-13-17-31(27)11)23(29(7,8)9)18-22(24)28(4,5)6/h12-18H,1-11H3/q+2. The molecule has 0 aliphatic carbocycles. The maximum atomic E-state index is 2.50. The Morgan fingerprint density at radius 1 is 0.613 bits per heavy atom. The van der Waals surface area contributed by atoms with Crippen LogP contribution >= 0.6 is 0 Å². The smallest absolute Gasteiger partial charge is 0.201 e. The number of nitrogens with zero attached hydrogens (tertiary/aromatic N) is 2. The molecule has 2 heteroatoms. The van der Waals surface area contributed by atoms with Gasteiger partial charge in [-0.25, -0.2) is 9.13 Å². The average Bonchev–Trinajstić information content (AvgIpc) is 2.61. The lowest BCUT2D eigenvalue weighted by atomic mass is 9.72. The highest BCUT2D eigenvalue weighted by Crippen LogP contribution is 2.44. The van der Waals surface area contributed by atoms with E-state index < -0.39 is 0 Å². The van der Waals surface area contributed by atoms with Gasteiger partial charge >= 0.3 is 0 Å². The van der Waals surface area contributed by atoms with Crippen LogP contribution in [-0.4, -0.2) is 0 Å². The number of benzene rings is 1. The third-order valence-electron chi connectivity index (χ3n) is 6.43. The number of aromatic nitrogens is 2. The quantitative estimate of drug-likeness (QED) is 0.440. The van der Waals surface area contributed by atoms with Crippen molar-refractivity contribution in [2.75, 3.05) is 0 Å². The summed E-state index contributed by atoms with van der Waals surface area (Å²) >= 11 is 0. The predicted octanol–water partition coefficient (Wildman–Crippen LogP) is 6.19. The van der Waals surface area contributed by atoms with E-state index in [0.717, 1.165) is 0 Å². The van der Waals surface area contributed by atoms with Crippen LogP contribution in [0.2, 0.25) is 0 Å². The molecular formula is C29H40N2+2. The highest BCUT2D eigenvalue weighted by atomic mass is 14.9. The van der Waals surface area contributed by atoms with Crippen LogP contribution in [0.5, 0.6) is 0 Å². The Bertz CT molecular complexity index is 1010. The molecule has 0 saturated heterocycles. The van der Waals surface area contributed by atoms with Crippen molar-refractivity contribution in [2.24, 2.45) is 14.1 Å². The first-order valence-corrected chi connectivity index (χ1v) is 11.3. The van der Waals surface area contributed by atoms with Crippen LogP contribution in [0.3, 0.4) is 0 Å². The summed E-state index contributed by atoms with van der Waals surface area (Å²) in [5, 5.41) is 0. The molecule has 3 rings (SSSR count). The van der Waals surface area contributed by atoms with Crippen molar-refractivity contribution in [1.29, 1.82) is 0 Å². The van der Waals surface area contributed by atoms with Crippen molar-refractivity contribution in [3.05, 3.63) is 70.5 Å². The van der Waals surface area contributed by atoms with Gasteiger partial charge in [-0.2, -0.15) is 0 Å². The molecule has 0 spiro atoms. The maximum absolute atomic E-state index is 2.50. The Morgan fingerprint density at radius 2 is 0.968 bits per heavy atom. The first-order valence-electron chi connectivity index (χ1n) is 11.3. The van der Waals surface area contributed by atoms with Gasteiger partial charge in [0.2, 0.25) is 11.4 Å². The number of hydrogen-bond donors (Lipinski definition) is 0. The van der Waals surface area contributed by atoms with Crippen LogP contribution in [0.15, 0.2) is 42.7 Å². The molecule has 0 aliphatic rings. The Morgan fingerprint density at radius 3 is 1.26 bits per heavy atom. The molecule has 0 unspecified atom stereocenters. The second-order valence-corrected chi connectivity index (χ2v) is 11.1. The van der Waals surface area contributed by atoms with Crippen molar-refractivity contribution in [3.63, 3.8) is 0 Å². The van der Waals surface area contributed by atoms with E-state index in [2.05, 4.69) is 128 Å². The zero-order valence-electron chi connectivity index (χ0n) is 21.4. The number of aryl methyl sites for hydroxylation is 4. The lowest BCUT2D eigenvalue weighted by Crippen LogP contribution is -2.35. The maximum Gasteiger partial charge on any atom is 0.215 e. The van der Waals surface area contributed by atoms with Gasteiger partial charge in [-0.05, 0) is 60.4 Å². The molecule has 164 valence electrons. The van der Waals surface area contributed by atoms with Crippen molar-refractivity contribution in [2.45, 2.75) is 73.1 Å². The van der Waals surface area contributed by atoms with Gasteiger partial charge in [-0.1, -0.05) is 47.6 Å². The van der Waals surface area contributed by atoms with Crippen LogP contribution in [0.1, 0.15) is 69.4 Å². The highest BCUT2D eigenvalue weighted by molar-refractivity contribution is 5.82. The van der Waals surface area contributed by atoms with Gasteiger partial charge in [-0.15, -0.1) is 0 Å². The molecule has 2 nitrogen and oxygen atoms in total. The molecule has 0 radical (unpaired) electrons. The van der Waals surface area contributed by atoms with Crippen molar-refractivity contribution >= 4 is 0 Å². The third-order valence-corrected chi connectivity index (χ3v) is 6.43. The minimum Gasteiger partial charge on any atom is -0.201 e. The zero-order chi connectivity index (χ0) is 23.3. The molecule has 0 saturated carbocycles. The summed E-state index contributed by atoms with van der Waals surface area (Å²) in [6, 6.07) is 11.2. The van der Waals surface area contributed by atoms with Crippen LogP contribution in [0, 0.1) is 20.8 Å². The second-order valence-electron chi connectivity index (χ2n) is 11.1. The topological polar surface area (TPSA) is 7.76 Å². The molecule has 31 heavy (non-hydrogen) atoms. The van der Waals surface area contributed by atoms with Crippen LogP contribution < -0.4 is 9.13 Å². The van der Waals surface area contributed by atoms with Crippen molar-refractivity contribution in [3.8, 4) is 22.5 Å². The van der Waals surface area contributed by atoms with E-state index >= 15 is 0 Å². The largest absolute Gasteiger partial charge is 0.215 e. The molecule has 0 N–H and O–H groups in total. The van der Waals surface area contributed by atoms with Crippen molar-refractivity contribution < 1.29 is 9.13 Å². The summed E-state index contributed by atoms with van der Waals surface area (Å²) in [6.45, 7) is 20.8. The molecule has 3 aromatic rings. The van der Waals surface area contributed by atoms with Gasteiger partial charge in [0, 0.05) is 23.3 Å². The first-order chi connectivity index (χ1) is 14.2. The molecule has 0 aliphatic heterocycles. The van der Waals surface area contributed by atoms with E-state index in [4.69, 9.17) is 0 Å². The molecule has 2 aromatic heterocycles. The number of hydrogen-bond acceptors (Lipinski definition) is 0. The fourth-order valence-electron chi connectivity index (χ4n) is 4.85. The summed E-state index contributed by atoms with van der Waals surface area (Å²) in [4.78, 5) is 0. The molecule has 0 atom stereocenters. The second kappa shape index (κ2) is 7.89. The molecule has 2 heterocycles. The minimum absolute atomic E-state index is 0.0296. The third kappa shape index (κ3) is 4.18. The fraction of sp³-hybridized carbons (Fsp3) is 0.448. The predicted molar refractivity (Wildman–Crippen MR) is 131 cm³/mol. The lowest BCUT2D eigenvalue weighted by Gasteiger charge is -2.31. The minimum atomic E-state index is 0.0296. The Kier molecular flexibility index (Phi) is 5.90. The SMILES string of the molecule is Cc1ccc[n+](C)c1-c1c(C(C)(C)C)cc(C(C)(C)C)c(-c2c(C)ccc[n+]2C)c1C. The monoisotopic (exact) mass is 416 g/mol. The number of pyridine rings is 2. The summed E-state index contributed by atoms with van der Waals surface area (Å²) in [5.74, 6) is 0. The van der Waals surface area contributed by atoms with Crippen molar-refractivity contribution in [1.82, 2.24) is 0 Å². The summed E-state index contributed by atoms with van der Waals surface area (Å²) in [7, 11) is 4.33. The molecule has 1 aromatic carbocycles. The van der Waals surface area contributed by atoms with Gasteiger partial charge in [0.15, 0.2) is 12.4 Å². The van der Waals surface area contributed by atoms with Gasteiger partial charge in [0.05, 0.1) is 11.1 Å². The van der Waals surface area contributed by atoms with Gasteiger partial charge in [-0.3, -0.25) is 0 Å². The Hall–Kier alpha value is -2.48. The van der Waals surface area contributed by atoms with Gasteiger partial charge in [0.25, 0.3) is 0 Å². The van der Waals surface area contributed by atoms with E-state index in [9.17, 15) is 0 Å². The highest BCUT2D eigenvalue weighted by Gasteiger charge is 2.34. The van der Waals surface area contributed by atoms with E-state index in [1.54, 1.807) is 0 Å². The van der Waals surface area contributed by atoms with E-state index in [0.29, 0.717) is 0 Å². The fourth-order valence-corrected chi connectivity index (χ4v) is 4.85. The Balaban J connectivity index is 2.62. The van der Waals surface area contributed by atoms with Crippen LogP contribution in [0.4, 0.5) is 0 Å². The summed E-state index contributed by atoms with van der Waals surface area (Å²) in [5.41, 5.74) is 12.2. The van der Waals surface area contributed by atoms with E-state index in [-0.39, 0.29) is 10.8 Å². The Labute approximate surface area is 189 Å². The molecular weight excluding hydrogens is 376 g/mol. The van der Waals surface area contributed by atoms with Crippen LogP contribution in [-0.2, 0) is 24.9 Å². The molecule has 0 amide bonds. The molecule has 0 fully saturated rings. The summed E-state index contributed by atoms with van der Waals surface area (Å²) < 4.78 is 4.57. The average molecular weight is 417 g/mol. The van der Waals surface area contributed by atoms with Gasteiger partial charge < -0.3 is 0 Å². The summed E-state index contributed by atoms with van der Waals surface area (Å²) in [6.07, 6.45) is 4.33. The van der Waals surface area contributed by atoms with E-state index in [1.807, 2.05) is 0 Å². The lowest BCUT2D eigenvalue weighted by molar-refractivity contribution is -0.661. The van der Waals surface area contributed by atoms with Gasteiger partial charge in [0.1, 0.15) is 14.1 Å². The first kappa shape index (κ1) is 23.2. The number of rotatable bonds is 2. The van der Waals surface area contributed by atoms with Crippen LogP contribution in [0.25, 0.3) is 22.5 Å². The zero-order valence-corrected chi connectivity index (χ0v) is 21.4. The molecule has 0 bridgehead atoms.